The number of halogens is 1. The van der Waals surface area contributed by atoms with Crippen LogP contribution in [-0.2, 0) is 16.0 Å². The summed E-state index contributed by atoms with van der Waals surface area (Å²) in [7, 11) is 1.82. The lowest BCUT2D eigenvalue weighted by atomic mass is 10.1. The first-order valence-corrected chi connectivity index (χ1v) is 9.77. The quantitative estimate of drug-likeness (QED) is 0.721. The summed E-state index contributed by atoms with van der Waals surface area (Å²) in [4.78, 5) is 19.1. The standard InChI is InChI=1S/C21H25ClN4O2/c1-3-15-13-18(23-2)19(14-17(15)22)25-20(27)7-6-16-5-4-8-24-21(16)26-9-11-28-12-10-26/h4-8,13-14,23H,3,9-12H2,1-2H3,(H,25,27)/b7-6+. The number of ether oxygens (including phenoxy) is 1. The van der Waals surface area contributed by atoms with Crippen LogP contribution in [0, 0.1) is 0 Å². The van der Waals surface area contributed by atoms with Gasteiger partial charge in [-0.15, -0.1) is 0 Å². The molecule has 148 valence electrons. The Morgan fingerprint density at radius 3 is 2.82 bits per heavy atom. The molecule has 1 aromatic carbocycles. The van der Waals surface area contributed by atoms with Crippen LogP contribution >= 0.6 is 11.6 Å². The van der Waals surface area contributed by atoms with Gasteiger partial charge in [0.1, 0.15) is 5.82 Å². The van der Waals surface area contributed by atoms with Crippen LogP contribution in [0.1, 0.15) is 18.1 Å². The zero-order chi connectivity index (χ0) is 19.9. The molecule has 1 aromatic heterocycles. The van der Waals surface area contributed by atoms with E-state index >= 15 is 0 Å². The number of aryl methyl sites for hydroxylation is 1. The molecule has 1 aliphatic heterocycles. The van der Waals surface area contributed by atoms with Gasteiger partial charge in [-0.05, 0) is 42.3 Å². The van der Waals surface area contributed by atoms with E-state index in [0.29, 0.717) is 23.9 Å². The van der Waals surface area contributed by atoms with Gasteiger partial charge >= 0.3 is 0 Å². The third-order valence-corrected chi connectivity index (χ3v) is 4.99. The van der Waals surface area contributed by atoms with Crippen molar-refractivity contribution in [2.24, 2.45) is 0 Å². The minimum absolute atomic E-state index is 0.228. The summed E-state index contributed by atoms with van der Waals surface area (Å²) in [6.45, 7) is 4.99. The molecule has 1 aliphatic rings. The van der Waals surface area contributed by atoms with Crippen LogP contribution in [0.2, 0.25) is 5.02 Å². The Kier molecular flexibility index (Phi) is 6.90. The van der Waals surface area contributed by atoms with Crippen LogP contribution in [-0.4, -0.2) is 44.2 Å². The van der Waals surface area contributed by atoms with E-state index in [0.717, 1.165) is 42.1 Å². The minimum Gasteiger partial charge on any atom is -0.386 e. The van der Waals surface area contributed by atoms with Crippen molar-refractivity contribution in [3.8, 4) is 0 Å². The van der Waals surface area contributed by atoms with E-state index < -0.39 is 0 Å². The highest BCUT2D eigenvalue weighted by Crippen LogP contribution is 2.30. The first-order chi connectivity index (χ1) is 13.6. The van der Waals surface area contributed by atoms with Crippen LogP contribution in [0.5, 0.6) is 0 Å². The molecule has 7 heteroatoms. The minimum atomic E-state index is -0.228. The summed E-state index contributed by atoms with van der Waals surface area (Å²) in [6, 6.07) is 7.55. The summed E-state index contributed by atoms with van der Waals surface area (Å²) in [5, 5.41) is 6.64. The lowest BCUT2D eigenvalue weighted by Gasteiger charge is -2.28. The maximum absolute atomic E-state index is 12.5. The fraction of sp³-hybridized carbons (Fsp3) is 0.333. The molecule has 0 unspecified atom stereocenters. The monoisotopic (exact) mass is 400 g/mol. The van der Waals surface area contributed by atoms with Gasteiger partial charge in [-0.1, -0.05) is 18.5 Å². The summed E-state index contributed by atoms with van der Waals surface area (Å²) < 4.78 is 5.41. The predicted octanol–water partition coefficient (Wildman–Crippen LogP) is 3.83. The van der Waals surface area contributed by atoms with Gasteiger partial charge in [0.25, 0.3) is 0 Å². The number of rotatable bonds is 6. The molecule has 6 nitrogen and oxygen atoms in total. The highest BCUT2D eigenvalue weighted by molar-refractivity contribution is 6.32. The second kappa shape index (κ2) is 9.57. The number of anilines is 3. The number of benzene rings is 1. The maximum Gasteiger partial charge on any atom is 0.248 e. The Morgan fingerprint density at radius 1 is 1.32 bits per heavy atom. The summed E-state index contributed by atoms with van der Waals surface area (Å²) in [5.41, 5.74) is 3.41. The number of nitrogens with one attached hydrogen (secondary N) is 2. The third-order valence-electron chi connectivity index (χ3n) is 4.64. The number of aromatic nitrogens is 1. The number of nitrogens with zero attached hydrogens (tertiary/aromatic N) is 2. The average molecular weight is 401 g/mol. The fourth-order valence-corrected chi connectivity index (χ4v) is 3.42. The molecule has 2 aromatic rings. The zero-order valence-electron chi connectivity index (χ0n) is 16.2. The van der Waals surface area contributed by atoms with Crippen LogP contribution < -0.4 is 15.5 Å². The first-order valence-electron chi connectivity index (χ1n) is 9.39. The normalized spacial score (nSPS) is 14.3. The maximum atomic E-state index is 12.5. The molecule has 0 spiro atoms. The zero-order valence-corrected chi connectivity index (χ0v) is 16.9. The molecule has 1 saturated heterocycles. The first kappa shape index (κ1) is 20.2. The number of amides is 1. The number of pyridine rings is 1. The van der Waals surface area contributed by atoms with Gasteiger partial charge in [-0.25, -0.2) is 4.98 Å². The van der Waals surface area contributed by atoms with E-state index in [1.807, 2.05) is 32.2 Å². The smallest absolute Gasteiger partial charge is 0.248 e. The number of hydrogen-bond acceptors (Lipinski definition) is 5. The molecule has 1 fully saturated rings. The van der Waals surface area contributed by atoms with Crippen molar-refractivity contribution < 1.29 is 9.53 Å². The van der Waals surface area contributed by atoms with Crippen LogP contribution in [0.3, 0.4) is 0 Å². The molecular formula is C21H25ClN4O2. The van der Waals surface area contributed by atoms with Crippen molar-refractivity contribution in [3.63, 3.8) is 0 Å². The second-order valence-corrected chi connectivity index (χ2v) is 6.84. The van der Waals surface area contributed by atoms with Gasteiger partial charge in [-0.3, -0.25) is 4.79 Å². The molecule has 2 heterocycles. The summed E-state index contributed by atoms with van der Waals surface area (Å²) in [6.07, 6.45) is 5.89. The van der Waals surface area contributed by atoms with Gasteiger partial charge in [0, 0.05) is 43.0 Å². The Morgan fingerprint density at radius 2 is 2.11 bits per heavy atom. The van der Waals surface area contributed by atoms with Gasteiger partial charge < -0.3 is 20.3 Å². The molecule has 0 atom stereocenters. The lowest BCUT2D eigenvalue weighted by molar-refractivity contribution is -0.111. The average Bonchev–Trinajstić information content (AvgIpc) is 2.73. The largest absolute Gasteiger partial charge is 0.386 e. The van der Waals surface area contributed by atoms with Crippen molar-refractivity contribution in [1.82, 2.24) is 4.98 Å². The molecule has 0 aliphatic carbocycles. The van der Waals surface area contributed by atoms with Gasteiger partial charge in [0.15, 0.2) is 0 Å². The van der Waals surface area contributed by atoms with Gasteiger partial charge in [-0.2, -0.15) is 0 Å². The van der Waals surface area contributed by atoms with E-state index in [9.17, 15) is 4.79 Å². The Hall–Kier alpha value is -2.57. The SMILES string of the molecule is CCc1cc(NC)c(NC(=O)/C=C/c2cccnc2N2CCOCC2)cc1Cl. The van der Waals surface area contributed by atoms with Crippen molar-refractivity contribution in [3.05, 3.63) is 52.7 Å². The van der Waals surface area contributed by atoms with E-state index in [4.69, 9.17) is 16.3 Å². The predicted molar refractivity (Wildman–Crippen MR) is 115 cm³/mol. The van der Waals surface area contributed by atoms with Crippen LogP contribution in [0.25, 0.3) is 6.08 Å². The number of morpholine rings is 1. The molecule has 2 N–H and O–H groups in total. The van der Waals surface area contributed by atoms with Crippen molar-refractivity contribution in [2.75, 3.05) is 48.9 Å². The molecule has 1 amide bonds. The summed E-state index contributed by atoms with van der Waals surface area (Å²) in [5.74, 6) is 0.634. The number of carbonyl (C=O) groups is 1. The van der Waals surface area contributed by atoms with Gasteiger partial charge in [0.2, 0.25) is 5.91 Å². The molecule has 0 radical (unpaired) electrons. The van der Waals surface area contributed by atoms with E-state index in [1.165, 1.54) is 6.08 Å². The third kappa shape index (κ3) is 4.82. The van der Waals surface area contributed by atoms with Gasteiger partial charge in [0.05, 0.1) is 24.6 Å². The Labute approximate surface area is 170 Å². The number of carbonyl (C=O) groups excluding carboxylic acids is 1. The van der Waals surface area contributed by atoms with Crippen molar-refractivity contribution >= 4 is 40.8 Å². The van der Waals surface area contributed by atoms with E-state index in [1.54, 1.807) is 18.3 Å². The van der Waals surface area contributed by atoms with Crippen molar-refractivity contribution in [2.45, 2.75) is 13.3 Å². The molecule has 28 heavy (non-hydrogen) atoms. The Bertz CT molecular complexity index is 863. The molecule has 3 rings (SSSR count). The molecule has 0 bridgehead atoms. The van der Waals surface area contributed by atoms with E-state index in [2.05, 4.69) is 20.5 Å². The second-order valence-electron chi connectivity index (χ2n) is 6.43. The molecule has 0 saturated carbocycles. The van der Waals surface area contributed by atoms with Crippen LogP contribution in [0.4, 0.5) is 17.2 Å². The summed E-state index contributed by atoms with van der Waals surface area (Å²) >= 11 is 6.30. The lowest BCUT2D eigenvalue weighted by Crippen LogP contribution is -2.37. The highest BCUT2D eigenvalue weighted by atomic mass is 35.5. The van der Waals surface area contributed by atoms with Crippen LogP contribution in [0.15, 0.2) is 36.5 Å². The van der Waals surface area contributed by atoms with E-state index in [-0.39, 0.29) is 5.91 Å². The van der Waals surface area contributed by atoms with Crippen molar-refractivity contribution in [1.29, 1.82) is 0 Å². The highest BCUT2D eigenvalue weighted by Gasteiger charge is 2.15. The number of hydrogen-bond donors (Lipinski definition) is 2. The Balaban J connectivity index is 1.75. The fourth-order valence-electron chi connectivity index (χ4n) is 3.12. The topological polar surface area (TPSA) is 66.5 Å². The molecular weight excluding hydrogens is 376 g/mol.